The number of hydrogen-bond acceptors (Lipinski definition) is 3. The zero-order chi connectivity index (χ0) is 11.0. The van der Waals surface area contributed by atoms with Crippen molar-refractivity contribution in [3.8, 4) is 0 Å². The summed E-state index contributed by atoms with van der Waals surface area (Å²) in [6, 6.07) is 5.91. The molecule has 3 rings (SSSR count). The molecule has 4 heteroatoms. The van der Waals surface area contributed by atoms with Gasteiger partial charge in [-0.3, -0.25) is 4.98 Å². The minimum absolute atomic E-state index is 0. The Labute approximate surface area is 108 Å². The average molecular weight is 255 g/mol. The predicted molar refractivity (Wildman–Crippen MR) is 69.2 cm³/mol. The normalized spacial score (nSPS) is 35.4. The Morgan fingerprint density at radius 2 is 2.00 bits per heavy atom. The zero-order valence-electron chi connectivity index (χ0n) is 9.80. The molecule has 1 saturated heterocycles. The number of aromatic nitrogens is 1. The molecule has 2 fully saturated rings. The molecule has 0 aromatic carbocycles. The maximum atomic E-state index is 10.6. The molecular weight excluding hydrogens is 236 g/mol. The van der Waals surface area contributed by atoms with Crippen LogP contribution in [0.25, 0.3) is 0 Å². The van der Waals surface area contributed by atoms with Crippen molar-refractivity contribution in [1.82, 2.24) is 10.3 Å². The van der Waals surface area contributed by atoms with E-state index in [0.29, 0.717) is 18.3 Å². The molecule has 1 aromatic heterocycles. The average Bonchev–Trinajstić information content (AvgIpc) is 2.77. The van der Waals surface area contributed by atoms with E-state index in [4.69, 9.17) is 0 Å². The van der Waals surface area contributed by atoms with Gasteiger partial charge in [0.25, 0.3) is 0 Å². The molecule has 1 aromatic rings. The first-order valence-electron chi connectivity index (χ1n) is 6.08. The fourth-order valence-electron chi connectivity index (χ4n) is 3.31. The van der Waals surface area contributed by atoms with E-state index in [9.17, 15) is 5.11 Å². The van der Waals surface area contributed by atoms with Crippen LogP contribution in [0.1, 0.15) is 18.5 Å². The fourth-order valence-corrected chi connectivity index (χ4v) is 3.31. The summed E-state index contributed by atoms with van der Waals surface area (Å²) in [7, 11) is 0. The minimum Gasteiger partial charge on any atom is -0.389 e. The second kappa shape index (κ2) is 4.92. The summed E-state index contributed by atoms with van der Waals surface area (Å²) in [6.07, 6.45) is 4.37. The molecule has 1 aliphatic heterocycles. The molecule has 2 N–H and O–H groups in total. The first-order valence-corrected chi connectivity index (χ1v) is 6.08. The summed E-state index contributed by atoms with van der Waals surface area (Å²) < 4.78 is 0. The summed E-state index contributed by atoms with van der Waals surface area (Å²) >= 11 is 0. The first-order chi connectivity index (χ1) is 7.75. The van der Waals surface area contributed by atoms with Crippen LogP contribution in [0.2, 0.25) is 0 Å². The van der Waals surface area contributed by atoms with Crippen molar-refractivity contribution in [3.63, 3.8) is 0 Å². The van der Waals surface area contributed by atoms with E-state index < -0.39 is 5.60 Å². The van der Waals surface area contributed by atoms with Gasteiger partial charge < -0.3 is 10.4 Å². The molecule has 1 aliphatic carbocycles. The number of hydrogen-bond donors (Lipinski definition) is 2. The van der Waals surface area contributed by atoms with Crippen molar-refractivity contribution in [2.45, 2.75) is 24.9 Å². The summed E-state index contributed by atoms with van der Waals surface area (Å²) in [5.41, 5.74) is 0.504. The van der Waals surface area contributed by atoms with Gasteiger partial charge in [-0.05, 0) is 49.9 Å². The second-order valence-electron chi connectivity index (χ2n) is 5.31. The highest BCUT2D eigenvalue weighted by Crippen LogP contribution is 2.42. The number of nitrogens with one attached hydrogen (secondary N) is 1. The molecule has 94 valence electrons. The van der Waals surface area contributed by atoms with E-state index in [1.54, 1.807) is 6.20 Å². The van der Waals surface area contributed by atoms with Gasteiger partial charge in [-0.1, -0.05) is 6.07 Å². The Balaban J connectivity index is 0.00000108. The third-order valence-electron chi connectivity index (χ3n) is 4.00. The number of fused-ring (bicyclic) bond motifs is 1. The Bertz CT molecular complexity index is 359. The van der Waals surface area contributed by atoms with Crippen LogP contribution in [-0.2, 0) is 6.42 Å². The highest BCUT2D eigenvalue weighted by atomic mass is 35.5. The van der Waals surface area contributed by atoms with E-state index in [1.165, 1.54) is 0 Å². The lowest BCUT2D eigenvalue weighted by molar-refractivity contribution is 0.0389. The predicted octanol–water partition coefficient (Wildman–Crippen LogP) is 1.41. The van der Waals surface area contributed by atoms with Crippen LogP contribution in [0, 0.1) is 11.8 Å². The number of aliphatic hydroxyl groups is 1. The number of pyridine rings is 1. The van der Waals surface area contributed by atoms with Gasteiger partial charge in [-0.25, -0.2) is 0 Å². The maximum Gasteiger partial charge on any atom is 0.0709 e. The van der Waals surface area contributed by atoms with Gasteiger partial charge in [-0.15, -0.1) is 12.4 Å². The Morgan fingerprint density at radius 1 is 1.29 bits per heavy atom. The van der Waals surface area contributed by atoms with E-state index in [2.05, 4.69) is 10.3 Å². The lowest BCUT2D eigenvalue weighted by Crippen LogP contribution is -2.31. The third kappa shape index (κ3) is 2.62. The van der Waals surface area contributed by atoms with Crippen molar-refractivity contribution in [2.75, 3.05) is 13.1 Å². The lowest BCUT2D eigenvalue weighted by Gasteiger charge is -2.23. The molecule has 3 nitrogen and oxygen atoms in total. The molecule has 3 atom stereocenters. The van der Waals surface area contributed by atoms with Gasteiger partial charge in [-0.2, -0.15) is 0 Å². The van der Waals surface area contributed by atoms with Gasteiger partial charge in [0.2, 0.25) is 0 Å². The quantitative estimate of drug-likeness (QED) is 0.839. The molecule has 0 bridgehead atoms. The van der Waals surface area contributed by atoms with E-state index >= 15 is 0 Å². The van der Waals surface area contributed by atoms with Crippen molar-refractivity contribution in [2.24, 2.45) is 11.8 Å². The summed E-state index contributed by atoms with van der Waals surface area (Å²) in [5, 5.41) is 14.0. The van der Waals surface area contributed by atoms with E-state index in [1.807, 2.05) is 18.2 Å². The van der Waals surface area contributed by atoms with E-state index in [0.717, 1.165) is 31.6 Å². The largest absolute Gasteiger partial charge is 0.389 e. The monoisotopic (exact) mass is 254 g/mol. The van der Waals surface area contributed by atoms with Gasteiger partial charge in [0.15, 0.2) is 0 Å². The second-order valence-corrected chi connectivity index (χ2v) is 5.31. The number of rotatable bonds is 2. The van der Waals surface area contributed by atoms with Crippen molar-refractivity contribution >= 4 is 12.4 Å². The van der Waals surface area contributed by atoms with Gasteiger partial charge in [0.05, 0.1) is 5.60 Å². The third-order valence-corrected chi connectivity index (χ3v) is 4.00. The smallest absolute Gasteiger partial charge is 0.0709 e. The molecule has 17 heavy (non-hydrogen) atoms. The number of nitrogens with zero attached hydrogens (tertiary/aromatic N) is 1. The topological polar surface area (TPSA) is 45.2 Å². The minimum atomic E-state index is -0.508. The van der Waals surface area contributed by atoms with Crippen molar-refractivity contribution in [1.29, 1.82) is 0 Å². The van der Waals surface area contributed by atoms with Crippen LogP contribution in [0.3, 0.4) is 0 Å². The summed E-state index contributed by atoms with van der Waals surface area (Å²) in [6.45, 7) is 2.16. The first kappa shape index (κ1) is 12.8. The van der Waals surface area contributed by atoms with Crippen LogP contribution < -0.4 is 5.32 Å². The number of halogens is 1. The Morgan fingerprint density at radius 3 is 2.59 bits per heavy atom. The molecule has 0 spiro atoms. The lowest BCUT2D eigenvalue weighted by atomic mass is 9.94. The molecule has 2 aliphatic rings. The highest BCUT2D eigenvalue weighted by molar-refractivity contribution is 5.85. The van der Waals surface area contributed by atoms with Crippen molar-refractivity contribution < 1.29 is 5.11 Å². The van der Waals surface area contributed by atoms with E-state index in [-0.39, 0.29) is 12.4 Å². The van der Waals surface area contributed by atoms with Gasteiger partial charge in [0, 0.05) is 18.3 Å². The molecule has 0 amide bonds. The Hall–Kier alpha value is -0.640. The molecule has 0 unspecified atom stereocenters. The van der Waals surface area contributed by atoms with Crippen molar-refractivity contribution in [3.05, 3.63) is 30.1 Å². The molecule has 0 radical (unpaired) electrons. The van der Waals surface area contributed by atoms with Gasteiger partial charge >= 0.3 is 0 Å². The standard InChI is InChI=1S/C13H18N2O.ClH/c16-13(7-12-3-1-2-4-15-12)5-10-8-14-9-11(10)6-13;/h1-4,10-11,14,16H,5-9H2;1H/t10-,11+,13-;. The summed E-state index contributed by atoms with van der Waals surface area (Å²) in [5.74, 6) is 1.35. The molecule has 1 saturated carbocycles. The van der Waals surface area contributed by atoms with Crippen LogP contribution in [0.5, 0.6) is 0 Å². The Kier molecular flexibility index (Phi) is 3.71. The van der Waals surface area contributed by atoms with Crippen LogP contribution in [-0.4, -0.2) is 28.8 Å². The highest BCUT2D eigenvalue weighted by Gasteiger charge is 2.45. The fraction of sp³-hybridized carbons (Fsp3) is 0.615. The zero-order valence-corrected chi connectivity index (χ0v) is 10.6. The van der Waals surface area contributed by atoms with Crippen LogP contribution >= 0.6 is 12.4 Å². The molecular formula is C13H19ClN2O. The maximum absolute atomic E-state index is 10.6. The SMILES string of the molecule is Cl.O[C@@]1(Cc2ccccn2)C[C@H]2CNC[C@H]2C1. The van der Waals surface area contributed by atoms with Gasteiger partial charge in [0.1, 0.15) is 0 Å². The van der Waals surface area contributed by atoms with Crippen LogP contribution in [0.15, 0.2) is 24.4 Å². The molecule has 2 heterocycles. The van der Waals surface area contributed by atoms with Crippen LogP contribution in [0.4, 0.5) is 0 Å². The summed E-state index contributed by atoms with van der Waals surface area (Å²) in [4.78, 5) is 4.31.